The first kappa shape index (κ1) is 18.5. The molecule has 0 atom stereocenters. The second-order valence-electron chi connectivity index (χ2n) is 6.74. The van der Waals surface area contributed by atoms with Gasteiger partial charge in [0, 0.05) is 5.56 Å². The Morgan fingerprint density at radius 1 is 0.917 bits per heavy atom. The number of alkyl halides is 2. The van der Waals surface area contributed by atoms with Crippen molar-refractivity contribution < 1.29 is 21.4 Å². The molecule has 3 nitrogen and oxygen atoms in total. The lowest BCUT2D eigenvalue weighted by atomic mass is 9.99. The highest BCUT2D eigenvalue weighted by atomic mass is 32.2. The molecule has 0 N–H and O–H groups in total. The standard InChI is InChI=1S/C18H20F2O3S/c1-17(2,3)13-23-24(21,22)18(19,20)16-11-7-10-15(12-16)14-8-5-4-6-9-14/h4-12H,13H2,1-3H3. The molecule has 0 amide bonds. The van der Waals surface area contributed by atoms with Crippen LogP contribution in [0.3, 0.4) is 0 Å². The Labute approximate surface area is 141 Å². The van der Waals surface area contributed by atoms with Gasteiger partial charge in [-0.25, -0.2) is 0 Å². The van der Waals surface area contributed by atoms with E-state index in [1.165, 1.54) is 12.1 Å². The summed E-state index contributed by atoms with van der Waals surface area (Å²) in [6.45, 7) is 4.80. The van der Waals surface area contributed by atoms with E-state index >= 15 is 0 Å². The van der Waals surface area contributed by atoms with Crippen molar-refractivity contribution in [3.8, 4) is 11.1 Å². The van der Waals surface area contributed by atoms with Gasteiger partial charge in [-0.1, -0.05) is 69.3 Å². The molecule has 0 fully saturated rings. The molecule has 0 radical (unpaired) electrons. The van der Waals surface area contributed by atoms with Crippen molar-refractivity contribution in [1.82, 2.24) is 0 Å². The molecule has 0 aliphatic rings. The molecule has 0 aliphatic heterocycles. The zero-order valence-corrected chi connectivity index (χ0v) is 14.6. The van der Waals surface area contributed by atoms with Gasteiger partial charge in [0.2, 0.25) is 0 Å². The summed E-state index contributed by atoms with van der Waals surface area (Å²) in [4.78, 5) is 0. The Morgan fingerprint density at radius 3 is 2.08 bits per heavy atom. The third-order valence-electron chi connectivity index (χ3n) is 3.27. The minimum atomic E-state index is -5.08. The first-order valence-corrected chi connectivity index (χ1v) is 8.86. The predicted molar refractivity (Wildman–Crippen MR) is 90.1 cm³/mol. The summed E-state index contributed by atoms with van der Waals surface area (Å²) in [6, 6.07) is 14.2. The normalized spacial score (nSPS) is 13.0. The number of benzene rings is 2. The quantitative estimate of drug-likeness (QED) is 0.725. The average molecular weight is 354 g/mol. The smallest absolute Gasteiger partial charge is 0.265 e. The number of hydrogen-bond acceptors (Lipinski definition) is 3. The van der Waals surface area contributed by atoms with Crippen molar-refractivity contribution in [3.05, 3.63) is 60.2 Å². The van der Waals surface area contributed by atoms with Gasteiger partial charge in [0.05, 0.1) is 6.61 Å². The summed E-state index contributed by atoms with van der Waals surface area (Å²) in [6.07, 6.45) is 0. The van der Waals surface area contributed by atoms with Crippen LogP contribution < -0.4 is 0 Å². The highest BCUT2D eigenvalue weighted by Crippen LogP contribution is 2.37. The van der Waals surface area contributed by atoms with E-state index in [4.69, 9.17) is 0 Å². The van der Waals surface area contributed by atoms with Gasteiger partial charge >= 0.3 is 15.4 Å². The third kappa shape index (κ3) is 4.19. The molecular weight excluding hydrogens is 334 g/mol. The van der Waals surface area contributed by atoms with Gasteiger partial charge < -0.3 is 0 Å². The lowest BCUT2D eigenvalue weighted by molar-refractivity contribution is 0.0645. The highest BCUT2D eigenvalue weighted by Gasteiger charge is 2.48. The van der Waals surface area contributed by atoms with Crippen LogP contribution >= 0.6 is 0 Å². The Bertz CT molecular complexity index is 795. The second-order valence-corrected chi connectivity index (χ2v) is 8.40. The van der Waals surface area contributed by atoms with Crippen molar-refractivity contribution in [2.75, 3.05) is 6.61 Å². The van der Waals surface area contributed by atoms with Gasteiger partial charge in [-0.05, 0) is 22.6 Å². The molecule has 0 heterocycles. The molecule has 24 heavy (non-hydrogen) atoms. The van der Waals surface area contributed by atoms with Crippen molar-refractivity contribution in [1.29, 1.82) is 0 Å². The van der Waals surface area contributed by atoms with Gasteiger partial charge in [-0.2, -0.15) is 17.2 Å². The topological polar surface area (TPSA) is 43.4 Å². The first-order chi connectivity index (χ1) is 11.0. The number of hydrogen-bond donors (Lipinski definition) is 0. The zero-order chi connectivity index (χ0) is 18.0. The highest BCUT2D eigenvalue weighted by molar-refractivity contribution is 7.87. The van der Waals surface area contributed by atoms with Crippen LogP contribution in [-0.2, 0) is 19.6 Å². The largest absolute Gasteiger partial charge is 0.395 e. The molecule has 0 saturated heterocycles. The minimum Gasteiger partial charge on any atom is -0.265 e. The summed E-state index contributed by atoms with van der Waals surface area (Å²) in [5.74, 6) is 0. The van der Waals surface area contributed by atoms with Crippen LogP contribution in [0.15, 0.2) is 54.6 Å². The molecule has 130 valence electrons. The zero-order valence-electron chi connectivity index (χ0n) is 13.8. The fourth-order valence-electron chi connectivity index (χ4n) is 1.98. The van der Waals surface area contributed by atoms with Crippen LogP contribution in [0.4, 0.5) is 8.78 Å². The number of rotatable bonds is 5. The Kier molecular flexibility index (Phi) is 5.11. The summed E-state index contributed by atoms with van der Waals surface area (Å²) >= 11 is 0. The van der Waals surface area contributed by atoms with Gasteiger partial charge in [0.25, 0.3) is 0 Å². The summed E-state index contributed by atoms with van der Waals surface area (Å²) in [5.41, 5.74) is 0.0781. The van der Waals surface area contributed by atoms with E-state index in [1.54, 1.807) is 51.1 Å². The molecule has 0 aliphatic carbocycles. The minimum absolute atomic E-state index is 0.316. The van der Waals surface area contributed by atoms with Gasteiger partial charge in [-0.15, -0.1) is 0 Å². The maximum Gasteiger partial charge on any atom is 0.395 e. The van der Waals surface area contributed by atoms with E-state index in [9.17, 15) is 17.2 Å². The lowest BCUT2D eigenvalue weighted by Gasteiger charge is -2.22. The van der Waals surface area contributed by atoms with Crippen LogP contribution in [0, 0.1) is 5.41 Å². The van der Waals surface area contributed by atoms with E-state index in [-0.39, 0.29) is 6.61 Å². The summed E-state index contributed by atoms with van der Waals surface area (Å²) in [7, 11) is -5.08. The molecule has 2 aromatic carbocycles. The summed E-state index contributed by atoms with van der Waals surface area (Å²) < 4.78 is 57.5. The summed E-state index contributed by atoms with van der Waals surface area (Å²) in [5, 5.41) is -4.12. The Hall–Kier alpha value is -1.79. The monoisotopic (exact) mass is 354 g/mol. The van der Waals surface area contributed by atoms with E-state index in [0.29, 0.717) is 5.56 Å². The van der Waals surface area contributed by atoms with E-state index in [2.05, 4.69) is 4.18 Å². The van der Waals surface area contributed by atoms with Gasteiger partial charge in [-0.3, -0.25) is 4.18 Å². The molecule has 2 rings (SSSR count). The van der Waals surface area contributed by atoms with Gasteiger partial charge in [0.15, 0.2) is 0 Å². The maximum atomic E-state index is 14.5. The molecule has 0 unspecified atom stereocenters. The second kappa shape index (κ2) is 6.61. The molecule has 0 spiro atoms. The van der Waals surface area contributed by atoms with Crippen LogP contribution in [0.2, 0.25) is 0 Å². The van der Waals surface area contributed by atoms with Crippen LogP contribution in [-0.4, -0.2) is 15.0 Å². The maximum absolute atomic E-state index is 14.5. The van der Waals surface area contributed by atoms with Gasteiger partial charge in [0.1, 0.15) is 0 Å². The van der Waals surface area contributed by atoms with Crippen molar-refractivity contribution in [2.45, 2.75) is 26.0 Å². The lowest BCUT2D eigenvalue weighted by Crippen LogP contribution is -2.31. The molecular formula is C18H20F2O3S. The molecule has 6 heteroatoms. The predicted octanol–water partition coefficient (Wildman–Crippen LogP) is 4.80. The van der Waals surface area contributed by atoms with Crippen molar-refractivity contribution >= 4 is 10.1 Å². The van der Waals surface area contributed by atoms with E-state index in [1.807, 2.05) is 6.07 Å². The first-order valence-electron chi connectivity index (χ1n) is 7.46. The van der Waals surface area contributed by atoms with Crippen LogP contribution in [0.1, 0.15) is 26.3 Å². The fourth-order valence-corrected chi connectivity index (χ4v) is 3.06. The third-order valence-corrected chi connectivity index (χ3v) is 4.56. The fraction of sp³-hybridized carbons (Fsp3) is 0.333. The molecule has 0 saturated carbocycles. The molecule has 2 aromatic rings. The average Bonchev–Trinajstić information content (AvgIpc) is 2.53. The number of halogens is 2. The van der Waals surface area contributed by atoms with Crippen LogP contribution in [0.5, 0.6) is 0 Å². The molecule has 0 aromatic heterocycles. The van der Waals surface area contributed by atoms with E-state index < -0.39 is 26.4 Å². The van der Waals surface area contributed by atoms with Crippen molar-refractivity contribution in [2.24, 2.45) is 5.41 Å². The van der Waals surface area contributed by atoms with Crippen molar-refractivity contribution in [3.63, 3.8) is 0 Å². The Morgan fingerprint density at radius 2 is 1.50 bits per heavy atom. The SMILES string of the molecule is CC(C)(C)COS(=O)(=O)C(F)(F)c1cccc(-c2ccccc2)c1. The van der Waals surface area contributed by atoms with Crippen LogP contribution in [0.25, 0.3) is 11.1 Å². The molecule has 0 bridgehead atoms. The van der Waals surface area contributed by atoms with E-state index in [0.717, 1.165) is 11.6 Å². The Balaban J connectivity index is 2.36.